The molecule has 0 aliphatic carbocycles. The average Bonchev–Trinajstić information content (AvgIpc) is 2.61. The maximum atomic E-state index is 11.6. The third-order valence-electron chi connectivity index (χ3n) is 3.67. The van der Waals surface area contributed by atoms with Crippen molar-refractivity contribution in [2.24, 2.45) is 11.7 Å². The van der Waals surface area contributed by atoms with Crippen molar-refractivity contribution in [1.29, 1.82) is 0 Å². The molecular formula is C14H21N5O2. The highest BCUT2D eigenvalue weighted by Crippen LogP contribution is 2.12. The van der Waals surface area contributed by atoms with Gasteiger partial charge in [-0.15, -0.1) is 0 Å². The van der Waals surface area contributed by atoms with Gasteiger partial charge in [0.1, 0.15) is 5.82 Å². The largest absolute Gasteiger partial charge is 0.369 e. The molecule has 0 spiro atoms. The van der Waals surface area contributed by atoms with Gasteiger partial charge in [0, 0.05) is 45.8 Å². The molecule has 1 unspecified atom stereocenters. The lowest BCUT2D eigenvalue weighted by Crippen LogP contribution is -2.39. The predicted octanol–water partition coefficient (Wildman–Crippen LogP) is -0.449. The number of carbonyl (C=O) groups is 2. The fourth-order valence-electron chi connectivity index (χ4n) is 2.51. The Morgan fingerprint density at radius 3 is 2.76 bits per heavy atom. The van der Waals surface area contributed by atoms with Crippen LogP contribution in [0.4, 0.5) is 0 Å². The number of hydrogen-bond acceptors (Lipinski definition) is 5. The first-order valence-corrected chi connectivity index (χ1v) is 7.01. The minimum Gasteiger partial charge on any atom is -0.369 e. The van der Waals surface area contributed by atoms with Crippen LogP contribution in [-0.4, -0.2) is 57.8 Å². The highest BCUT2D eigenvalue weighted by atomic mass is 16.2. The Labute approximate surface area is 124 Å². The van der Waals surface area contributed by atoms with E-state index in [-0.39, 0.29) is 17.7 Å². The second-order valence-corrected chi connectivity index (χ2v) is 5.39. The van der Waals surface area contributed by atoms with Crippen molar-refractivity contribution in [2.45, 2.75) is 20.4 Å². The molecule has 7 heteroatoms. The van der Waals surface area contributed by atoms with Crippen molar-refractivity contribution < 1.29 is 9.59 Å². The van der Waals surface area contributed by atoms with E-state index in [0.717, 1.165) is 11.5 Å². The number of carbonyl (C=O) groups excluding carboxylic acids is 2. The number of nitrogens with zero attached hydrogens (tertiary/aromatic N) is 4. The summed E-state index contributed by atoms with van der Waals surface area (Å²) < 4.78 is 0. The van der Waals surface area contributed by atoms with E-state index < -0.39 is 0 Å². The zero-order chi connectivity index (χ0) is 15.4. The Morgan fingerprint density at radius 1 is 1.38 bits per heavy atom. The van der Waals surface area contributed by atoms with Crippen LogP contribution in [0, 0.1) is 12.8 Å². The summed E-state index contributed by atoms with van der Waals surface area (Å²) in [7, 11) is 0. The number of aryl methyl sites for hydroxylation is 1. The monoisotopic (exact) mass is 291 g/mol. The Bertz CT molecular complexity index is 534. The predicted molar refractivity (Wildman–Crippen MR) is 77.0 cm³/mol. The van der Waals surface area contributed by atoms with Crippen LogP contribution in [-0.2, 0) is 16.1 Å². The molecule has 1 atom stereocenters. The summed E-state index contributed by atoms with van der Waals surface area (Å²) in [5, 5.41) is 0. The third-order valence-corrected chi connectivity index (χ3v) is 3.67. The van der Waals surface area contributed by atoms with Crippen molar-refractivity contribution in [3.8, 4) is 0 Å². The van der Waals surface area contributed by atoms with E-state index in [1.165, 1.54) is 6.92 Å². The number of amides is 2. The van der Waals surface area contributed by atoms with Crippen LogP contribution in [0.5, 0.6) is 0 Å². The van der Waals surface area contributed by atoms with Crippen LogP contribution in [0.25, 0.3) is 0 Å². The molecule has 1 aliphatic heterocycles. The van der Waals surface area contributed by atoms with E-state index in [1.54, 1.807) is 11.1 Å². The van der Waals surface area contributed by atoms with Gasteiger partial charge < -0.3 is 10.6 Å². The molecule has 0 radical (unpaired) electrons. The summed E-state index contributed by atoms with van der Waals surface area (Å²) in [5.74, 6) is -0.0218. The molecule has 1 saturated heterocycles. The van der Waals surface area contributed by atoms with Gasteiger partial charge in [-0.05, 0) is 13.0 Å². The SMILES string of the molecule is CC(=O)N1CCN(Cc2ccnc(C)n2)CC(C(N)=O)C1. The Kier molecular flexibility index (Phi) is 4.85. The second kappa shape index (κ2) is 6.62. The molecule has 2 heterocycles. The number of rotatable bonds is 3. The van der Waals surface area contributed by atoms with E-state index in [1.807, 2.05) is 13.0 Å². The van der Waals surface area contributed by atoms with Gasteiger partial charge >= 0.3 is 0 Å². The lowest BCUT2D eigenvalue weighted by atomic mass is 10.1. The highest BCUT2D eigenvalue weighted by Gasteiger charge is 2.27. The maximum absolute atomic E-state index is 11.6. The number of aromatic nitrogens is 2. The van der Waals surface area contributed by atoms with E-state index in [4.69, 9.17) is 5.73 Å². The fraction of sp³-hybridized carbons (Fsp3) is 0.571. The molecule has 21 heavy (non-hydrogen) atoms. The molecule has 1 aromatic rings. The standard InChI is InChI=1S/C14H21N5O2/c1-10-16-4-3-13(17-10)9-18-5-6-19(11(2)20)8-12(7-18)14(15)21/h3-4,12H,5-9H2,1-2H3,(H2,15,21). The lowest BCUT2D eigenvalue weighted by molar-refractivity contribution is -0.130. The van der Waals surface area contributed by atoms with Crippen molar-refractivity contribution in [3.05, 3.63) is 23.8 Å². The summed E-state index contributed by atoms with van der Waals surface area (Å²) in [6.45, 7) is 6.22. The molecule has 0 aromatic carbocycles. The molecular weight excluding hydrogens is 270 g/mol. The van der Waals surface area contributed by atoms with Gasteiger partial charge in [-0.25, -0.2) is 9.97 Å². The summed E-state index contributed by atoms with van der Waals surface area (Å²) in [5.41, 5.74) is 6.35. The summed E-state index contributed by atoms with van der Waals surface area (Å²) in [6.07, 6.45) is 1.73. The van der Waals surface area contributed by atoms with E-state index in [0.29, 0.717) is 32.7 Å². The molecule has 114 valence electrons. The van der Waals surface area contributed by atoms with Crippen LogP contribution in [0.2, 0.25) is 0 Å². The summed E-state index contributed by atoms with van der Waals surface area (Å²) in [4.78, 5) is 35.4. The zero-order valence-corrected chi connectivity index (χ0v) is 12.5. The molecule has 1 aromatic heterocycles. The zero-order valence-electron chi connectivity index (χ0n) is 12.5. The average molecular weight is 291 g/mol. The normalized spacial score (nSPS) is 20.1. The van der Waals surface area contributed by atoms with Crippen LogP contribution in [0.3, 0.4) is 0 Å². The molecule has 2 N–H and O–H groups in total. The van der Waals surface area contributed by atoms with Crippen LogP contribution in [0.1, 0.15) is 18.4 Å². The Morgan fingerprint density at radius 2 is 2.14 bits per heavy atom. The quantitative estimate of drug-likeness (QED) is 0.814. The van der Waals surface area contributed by atoms with Gasteiger partial charge in [-0.2, -0.15) is 0 Å². The second-order valence-electron chi connectivity index (χ2n) is 5.39. The van der Waals surface area contributed by atoms with Crippen molar-refractivity contribution >= 4 is 11.8 Å². The smallest absolute Gasteiger partial charge is 0.223 e. The van der Waals surface area contributed by atoms with Gasteiger partial charge in [0.25, 0.3) is 0 Å². The van der Waals surface area contributed by atoms with Gasteiger partial charge in [-0.3, -0.25) is 14.5 Å². The molecule has 0 bridgehead atoms. The molecule has 7 nitrogen and oxygen atoms in total. The minimum absolute atomic E-state index is 0.0269. The first-order valence-electron chi connectivity index (χ1n) is 7.01. The van der Waals surface area contributed by atoms with Crippen molar-refractivity contribution in [3.63, 3.8) is 0 Å². The third kappa shape index (κ3) is 4.22. The number of hydrogen-bond donors (Lipinski definition) is 1. The van der Waals surface area contributed by atoms with Crippen molar-refractivity contribution in [2.75, 3.05) is 26.2 Å². The van der Waals surface area contributed by atoms with Crippen molar-refractivity contribution in [1.82, 2.24) is 19.8 Å². The number of primary amides is 1. The van der Waals surface area contributed by atoms with E-state index in [9.17, 15) is 9.59 Å². The Hall–Kier alpha value is -2.02. The topological polar surface area (TPSA) is 92.4 Å². The van der Waals surface area contributed by atoms with E-state index in [2.05, 4.69) is 14.9 Å². The molecule has 0 saturated carbocycles. The van der Waals surface area contributed by atoms with Crippen LogP contribution in [0.15, 0.2) is 12.3 Å². The van der Waals surface area contributed by atoms with Crippen LogP contribution < -0.4 is 5.73 Å². The van der Waals surface area contributed by atoms with Crippen LogP contribution >= 0.6 is 0 Å². The molecule has 2 amide bonds. The van der Waals surface area contributed by atoms with Gasteiger partial charge in [-0.1, -0.05) is 0 Å². The highest BCUT2D eigenvalue weighted by molar-refractivity contribution is 5.79. The van der Waals surface area contributed by atoms with E-state index >= 15 is 0 Å². The number of nitrogens with two attached hydrogens (primary N) is 1. The van der Waals surface area contributed by atoms with Gasteiger partial charge in [0.15, 0.2) is 0 Å². The van der Waals surface area contributed by atoms with Gasteiger partial charge in [0.2, 0.25) is 11.8 Å². The van der Waals surface area contributed by atoms with Gasteiger partial charge in [0.05, 0.1) is 11.6 Å². The first kappa shape index (κ1) is 15.4. The molecule has 2 rings (SSSR count). The minimum atomic E-state index is -0.369. The first-order chi connectivity index (χ1) is 9.95. The Balaban J connectivity index is 2.09. The molecule has 1 fully saturated rings. The summed E-state index contributed by atoms with van der Waals surface area (Å²) in [6, 6.07) is 1.86. The fourth-order valence-corrected chi connectivity index (χ4v) is 2.51. The maximum Gasteiger partial charge on any atom is 0.223 e. The lowest BCUT2D eigenvalue weighted by Gasteiger charge is -2.21. The molecule has 1 aliphatic rings. The summed E-state index contributed by atoms with van der Waals surface area (Å²) >= 11 is 0.